The first-order valence-electron chi connectivity index (χ1n) is 7.99. The van der Waals surface area contributed by atoms with Gasteiger partial charge in [-0.25, -0.2) is 0 Å². The van der Waals surface area contributed by atoms with E-state index < -0.39 is 5.97 Å². The summed E-state index contributed by atoms with van der Waals surface area (Å²) in [5.74, 6) is -0.655. The van der Waals surface area contributed by atoms with Crippen LogP contribution in [0.3, 0.4) is 0 Å². The number of rotatable bonds is 14. The Labute approximate surface area is 160 Å². The first-order chi connectivity index (χ1) is 8.77. The van der Waals surface area contributed by atoms with Gasteiger partial charge in [-0.05, 0) is 6.42 Å². The molecule has 112 valence electrons. The van der Waals surface area contributed by atoms with Gasteiger partial charge in [-0.15, -0.1) is 0 Å². The molecule has 0 aliphatic rings. The van der Waals surface area contributed by atoms with Gasteiger partial charge < -0.3 is 5.11 Å². The molecule has 19 heavy (non-hydrogen) atoms. The third-order valence-electron chi connectivity index (χ3n) is 3.49. The summed E-state index contributed by atoms with van der Waals surface area (Å²) in [5, 5.41) is 8.49. The molecule has 3 heteroatoms. The van der Waals surface area contributed by atoms with E-state index in [9.17, 15) is 4.79 Å². The first-order valence-corrected chi connectivity index (χ1v) is 7.99. The van der Waals surface area contributed by atoms with Crippen molar-refractivity contribution in [1.82, 2.24) is 0 Å². The number of hydrogen-bond acceptors (Lipinski definition) is 1. The minimum absolute atomic E-state index is 0. The van der Waals surface area contributed by atoms with Crippen molar-refractivity contribution >= 4 is 54.9 Å². The zero-order chi connectivity index (χ0) is 13.5. The monoisotopic (exact) mass is 396 g/mol. The van der Waals surface area contributed by atoms with Crippen molar-refractivity contribution < 1.29 is 9.90 Å². The van der Waals surface area contributed by atoms with E-state index in [1.54, 1.807) is 0 Å². The molecule has 0 amide bonds. The molecule has 0 radical (unpaired) electrons. The summed E-state index contributed by atoms with van der Waals surface area (Å²) in [7, 11) is 0. The van der Waals surface area contributed by atoms with Crippen molar-refractivity contribution in [3.63, 3.8) is 0 Å². The van der Waals surface area contributed by atoms with Crippen LogP contribution in [-0.4, -0.2) is 60.0 Å². The van der Waals surface area contributed by atoms with Crippen molar-refractivity contribution in [2.75, 3.05) is 0 Å². The SMILES string of the molecule is CCCCCCCCCCCCCCCC(=O)O.[BaH2]. The first kappa shape index (κ1) is 22.3. The molecule has 0 fully saturated rings. The molecule has 0 saturated heterocycles. The fourth-order valence-corrected chi connectivity index (χ4v) is 2.29. The van der Waals surface area contributed by atoms with Crippen LogP contribution in [-0.2, 0) is 4.79 Å². The molecule has 0 atom stereocenters. The number of carboxylic acids is 1. The standard InChI is InChI=1S/C16H32O2.Ba.2H/c1-2-3-4-5-6-7-8-9-10-11-12-13-14-15-16(17)18;;;/h2-15H2,1H3,(H,17,18);;;. The van der Waals surface area contributed by atoms with Crippen LogP contribution in [0.25, 0.3) is 0 Å². The Morgan fingerprint density at radius 2 is 1.00 bits per heavy atom. The van der Waals surface area contributed by atoms with Gasteiger partial charge in [0.15, 0.2) is 0 Å². The average Bonchev–Trinajstić information content (AvgIpc) is 2.34. The molecule has 0 aromatic carbocycles. The van der Waals surface area contributed by atoms with Crippen LogP contribution in [0.1, 0.15) is 96.8 Å². The Hall–Kier alpha value is 1.04. The molecule has 0 heterocycles. The van der Waals surface area contributed by atoms with E-state index >= 15 is 0 Å². The summed E-state index contributed by atoms with van der Waals surface area (Å²) in [6.45, 7) is 2.26. The Morgan fingerprint density at radius 1 is 0.684 bits per heavy atom. The summed E-state index contributed by atoms with van der Waals surface area (Å²) in [6.07, 6.45) is 17.3. The Bertz CT molecular complexity index is 184. The quantitative estimate of drug-likeness (QED) is 0.344. The molecular weight excluding hydrogens is 362 g/mol. The zero-order valence-corrected chi connectivity index (χ0v) is 12.3. The molecule has 0 rings (SSSR count). The minimum atomic E-state index is -0.655. The topological polar surface area (TPSA) is 37.3 Å². The normalized spacial score (nSPS) is 10.2. The second-order valence-corrected chi connectivity index (χ2v) is 5.39. The second-order valence-electron chi connectivity index (χ2n) is 5.39. The molecule has 0 aromatic rings. The molecule has 0 aromatic heterocycles. The maximum atomic E-state index is 10.3. The Morgan fingerprint density at radius 3 is 1.32 bits per heavy atom. The van der Waals surface area contributed by atoms with E-state index in [1.165, 1.54) is 70.6 Å². The Kier molecular flexibility index (Phi) is 22.4. The van der Waals surface area contributed by atoms with E-state index in [0.717, 1.165) is 12.8 Å². The third-order valence-corrected chi connectivity index (χ3v) is 3.49. The van der Waals surface area contributed by atoms with Crippen molar-refractivity contribution in [1.29, 1.82) is 0 Å². The van der Waals surface area contributed by atoms with Crippen LogP contribution in [0.15, 0.2) is 0 Å². The molecule has 0 aliphatic heterocycles. The van der Waals surface area contributed by atoms with Gasteiger partial charge in [-0.1, -0.05) is 84.0 Å². The van der Waals surface area contributed by atoms with E-state index in [4.69, 9.17) is 5.11 Å². The van der Waals surface area contributed by atoms with Crippen LogP contribution in [0.4, 0.5) is 0 Å². The number of aliphatic carboxylic acids is 1. The van der Waals surface area contributed by atoms with Crippen LogP contribution >= 0.6 is 0 Å². The number of unbranched alkanes of at least 4 members (excludes halogenated alkanes) is 12. The van der Waals surface area contributed by atoms with E-state index in [2.05, 4.69) is 6.92 Å². The molecule has 0 saturated carbocycles. The summed E-state index contributed by atoms with van der Waals surface area (Å²) in [4.78, 5) is 10.3. The fraction of sp³-hybridized carbons (Fsp3) is 0.938. The predicted octanol–water partition coefficient (Wildman–Crippen LogP) is 4.64. The van der Waals surface area contributed by atoms with Gasteiger partial charge in [-0.3, -0.25) is 4.79 Å². The average molecular weight is 396 g/mol. The summed E-state index contributed by atoms with van der Waals surface area (Å²) >= 11 is 0. The van der Waals surface area contributed by atoms with Crippen molar-refractivity contribution in [2.45, 2.75) is 96.8 Å². The van der Waals surface area contributed by atoms with Gasteiger partial charge in [0.1, 0.15) is 0 Å². The predicted molar refractivity (Wildman–Crippen MR) is 86.5 cm³/mol. The molecule has 2 nitrogen and oxygen atoms in total. The Balaban J connectivity index is 0. The van der Waals surface area contributed by atoms with Crippen molar-refractivity contribution in [3.8, 4) is 0 Å². The molecule has 0 aliphatic carbocycles. The number of carbonyl (C=O) groups is 1. The zero-order valence-electron chi connectivity index (χ0n) is 12.3. The summed E-state index contributed by atoms with van der Waals surface area (Å²) in [6, 6.07) is 0. The third kappa shape index (κ3) is 21.5. The summed E-state index contributed by atoms with van der Waals surface area (Å²) < 4.78 is 0. The fourth-order valence-electron chi connectivity index (χ4n) is 2.29. The van der Waals surface area contributed by atoms with Crippen LogP contribution in [0.5, 0.6) is 0 Å². The molecule has 0 bridgehead atoms. The number of hydrogen-bond donors (Lipinski definition) is 1. The van der Waals surface area contributed by atoms with Gasteiger partial charge in [-0.2, -0.15) is 0 Å². The van der Waals surface area contributed by atoms with Gasteiger partial charge in [0.25, 0.3) is 0 Å². The second kappa shape index (κ2) is 19.0. The van der Waals surface area contributed by atoms with Crippen LogP contribution in [0.2, 0.25) is 0 Å². The van der Waals surface area contributed by atoms with Gasteiger partial charge in [0, 0.05) is 6.42 Å². The molecule has 0 unspecified atom stereocenters. The van der Waals surface area contributed by atoms with E-state index in [-0.39, 0.29) is 48.9 Å². The van der Waals surface area contributed by atoms with Crippen LogP contribution in [0, 0.1) is 0 Å². The molecule has 0 spiro atoms. The van der Waals surface area contributed by atoms with E-state index in [1.807, 2.05) is 0 Å². The van der Waals surface area contributed by atoms with Crippen molar-refractivity contribution in [2.24, 2.45) is 0 Å². The van der Waals surface area contributed by atoms with Gasteiger partial charge in [0.05, 0.1) is 0 Å². The van der Waals surface area contributed by atoms with Gasteiger partial charge >= 0.3 is 54.9 Å². The van der Waals surface area contributed by atoms with Gasteiger partial charge in [0.2, 0.25) is 0 Å². The van der Waals surface area contributed by atoms with Crippen molar-refractivity contribution in [3.05, 3.63) is 0 Å². The number of carboxylic acid groups (broad SMARTS) is 1. The maximum absolute atomic E-state index is 10.3. The molecule has 1 N–H and O–H groups in total. The summed E-state index contributed by atoms with van der Waals surface area (Å²) in [5.41, 5.74) is 0. The molecular formula is C16H34BaO2. The van der Waals surface area contributed by atoms with Crippen LogP contribution < -0.4 is 0 Å². The van der Waals surface area contributed by atoms with E-state index in [0.29, 0.717) is 6.42 Å².